The van der Waals surface area contributed by atoms with E-state index in [2.05, 4.69) is 19.1 Å². The van der Waals surface area contributed by atoms with Crippen molar-refractivity contribution < 1.29 is 4.79 Å². The highest BCUT2D eigenvalue weighted by Crippen LogP contribution is 2.27. The maximum Gasteiger partial charge on any atom is 0.229 e. The zero-order chi connectivity index (χ0) is 13.5. The molecule has 0 aromatic heterocycles. The Kier molecular flexibility index (Phi) is 6.50. The number of nitrogens with two attached hydrogens (primary N) is 1. The smallest absolute Gasteiger partial charge is 0.229 e. The molecular weight excluding hydrogens is 244 g/mol. The molecule has 2 atom stereocenters. The lowest BCUT2D eigenvalue weighted by Gasteiger charge is -2.20. The average Bonchev–Trinajstić information content (AvgIpc) is 2.39. The molecule has 0 saturated carbocycles. The van der Waals surface area contributed by atoms with E-state index in [1.165, 1.54) is 4.91 Å². The number of allylic oxidation sites excluding steroid dienone is 2. The molecule has 4 heteroatoms. The summed E-state index contributed by atoms with van der Waals surface area (Å²) in [5.41, 5.74) is 5.69. The molecule has 102 valence electrons. The molecule has 0 bridgehead atoms. The number of carbonyl (C=O) groups excluding carboxylic acids is 1. The SMILES string of the molecule is CCC(CN)CSC1=CCC(C(=O)N(C)C)C=C1. The van der Waals surface area contributed by atoms with Crippen molar-refractivity contribution in [3.05, 3.63) is 23.1 Å². The van der Waals surface area contributed by atoms with Gasteiger partial charge in [-0.15, -0.1) is 11.8 Å². The van der Waals surface area contributed by atoms with Crippen LogP contribution in [0.3, 0.4) is 0 Å². The van der Waals surface area contributed by atoms with Crippen LogP contribution in [-0.2, 0) is 4.79 Å². The third-order valence-corrected chi connectivity index (χ3v) is 4.49. The van der Waals surface area contributed by atoms with Crippen molar-refractivity contribution in [1.29, 1.82) is 0 Å². The summed E-state index contributed by atoms with van der Waals surface area (Å²) in [6.45, 7) is 2.93. The van der Waals surface area contributed by atoms with E-state index >= 15 is 0 Å². The van der Waals surface area contributed by atoms with E-state index in [9.17, 15) is 4.79 Å². The van der Waals surface area contributed by atoms with Gasteiger partial charge in [-0.05, 0) is 18.9 Å². The second kappa shape index (κ2) is 7.64. The molecule has 2 unspecified atom stereocenters. The van der Waals surface area contributed by atoms with E-state index in [1.54, 1.807) is 19.0 Å². The van der Waals surface area contributed by atoms with Crippen molar-refractivity contribution in [3.8, 4) is 0 Å². The summed E-state index contributed by atoms with van der Waals surface area (Å²) in [7, 11) is 3.61. The van der Waals surface area contributed by atoms with Crippen LogP contribution in [0.1, 0.15) is 19.8 Å². The Morgan fingerprint density at radius 3 is 2.78 bits per heavy atom. The van der Waals surface area contributed by atoms with Crippen molar-refractivity contribution in [2.45, 2.75) is 19.8 Å². The Morgan fingerprint density at radius 1 is 1.61 bits per heavy atom. The second-order valence-corrected chi connectivity index (χ2v) is 5.95. The fourth-order valence-corrected chi connectivity index (χ4v) is 2.98. The van der Waals surface area contributed by atoms with E-state index in [4.69, 9.17) is 5.73 Å². The summed E-state index contributed by atoms with van der Waals surface area (Å²) >= 11 is 1.85. The third-order valence-electron chi connectivity index (χ3n) is 3.22. The van der Waals surface area contributed by atoms with Gasteiger partial charge in [-0.1, -0.05) is 31.6 Å². The van der Waals surface area contributed by atoms with Crippen LogP contribution in [-0.4, -0.2) is 37.2 Å². The van der Waals surface area contributed by atoms with Gasteiger partial charge in [0.2, 0.25) is 5.91 Å². The fraction of sp³-hybridized carbons (Fsp3) is 0.643. The summed E-state index contributed by atoms with van der Waals surface area (Å²) in [5, 5.41) is 0. The van der Waals surface area contributed by atoms with Gasteiger partial charge in [-0.3, -0.25) is 4.79 Å². The number of hydrogen-bond donors (Lipinski definition) is 1. The Labute approximate surface area is 114 Å². The lowest BCUT2D eigenvalue weighted by Crippen LogP contribution is -2.28. The lowest BCUT2D eigenvalue weighted by molar-refractivity contribution is -0.131. The van der Waals surface area contributed by atoms with Gasteiger partial charge in [-0.25, -0.2) is 0 Å². The first kappa shape index (κ1) is 15.3. The highest BCUT2D eigenvalue weighted by atomic mass is 32.2. The highest BCUT2D eigenvalue weighted by Gasteiger charge is 2.19. The van der Waals surface area contributed by atoms with Crippen LogP contribution in [0.5, 0.6) is 0 Å². The number of nitrogens with zero attached hydrogens (tertiary/aromatic N) is 1. The molecule has 18 heavy (non-hydrogen) atoms. The molecule has 0 saturated heterocycles. The molecule has 1 amide bonds. The molecule has 0 radical (unpaired) electrons. The maximum atomic E-state index is 11.8. The molecule has 0 aliphatic heterocycles. The van der Waals surface area contributed by atoms with E-state index in [0.29, 0.717) is 5.92 Å². The predicted octanol–water partition coefficient (Wildman–Crippen LogP) is 2.25. The Morgan fingerprint density at radius 2 is 2.33 bits per heavy atom. The number of hydrogen-bond acceptors (Lipinski definition) is 3. The van der Waals surface area contributed by atoms with Crippen LogP contribution >= 0.6 is 11.8 Å². The molecule has 0 heterocycles. The monoisotopic (exact) mass is 268 g/mol. The van der Waals surface area contributed by atoms with Gasteiger partial charge in [0.15, 0.2) is 0 Å². The van der Waals surface area contributed by atoms with Gasteiger partial charge >= 0.3 is 0 Å². The van der Waals surface area contributed by atoms with Crippen LogP contribution in [0.15, 0.2) is 23.1 Å². The minimum absolute atomic E-state index is 0.0147. The van der Waals surface area contributed by atoms with E-state index in [1.807, 2.05) is 17.8 Å². The number of carbonyl (C=O) groups is 1. The first-order valence-electron chi connectivity index (χ1n) is 6.50. The topological polar surface area (TPSA) is 46.3 Å². The summed E-state index contributed by atoms with van der Waals surface area (Å²) in [6.07, 6.45) is 8.20. The summed E-state index contributed by atoms with van der Waals surface area (Å²) in [6, 6.07) is 0. The second-order valence-electron chi connectivity index (χ2n) is 4.86. The van der Waals surface area contributed by atoms with Gasteiger partial charge in [0.1, 0.15) is 0 Å². The quantitative estimate of drug-likeness (QED) is 0.803. The zero-order valence-corrected chi connectivity index (χ0v) is 12.4. The van der Waals surface area contributed by atoms with Crippen LogP contribution in [0.4, 0.5) is 0 Å². The molecule has 0 aromatic rings. The zero-order valence-electron chi connectivity index (χ0n) is 11.6. The van der Waals surface area contributed by atoms with Gasteiger partial charge in [0.25, 0.3) is 0 Å². The minimum atomic E-state index is 0.0147. The molecular formula is C14H24N2OS. The maximum absolute atomic E-state index is 11.8. The molecule has 1 rings (SSSR count). The van der Waals surface area contributed by atoms with Gasteiger partial charge < -0.3 is 10.6 Å². The van der Waals surface area contributed by atoms with Gasteiger partial charge in [0.05, 0.1) is 5.92 Å². The standard InChI is InChI=1S/C14H24N2OS/c1-4-11(9-15)10-18-13-7-5-12(6-8-13)14(17)16(2)3/h5,7-8,11-12H,4,6,9-10,15H2,1-3H3. The Hall–Kier alpha value is -0.740. The highest BCUT2D eigenvalue weighted by molar-refractivity contribution is 8.03. The normalized spacial score (nSPS) is 20.4. The largest absolute Gasteiger partial charge is 0.348 e. The molecule has 0 spiro atoms. The van der Waals surface area contributed by atoms with Crippen LogP contribution in [0.2, 0.25) is 0 Å². The first-order valence-corrected chi connectivity index (χ1v) is 7.49. The summed E-state index contributed by atoms with van der Waals surface area (Å²) < 4.78 is 0. The third kappa shape index (κ3) is 4.50. The summed E-state index contributed by atoms with van der Waals surface area (Å²) in [4.78, 5) is 14.7. The number of amides is 1. The van der Waals surface area contributed by atoms with E-state index in [0.717, 1.165) is 25.1 Å². The van der Waals surface area contributed by atoms with Crippen molar-refractivity contribution in [2.75, 3.05) is 26.4 Å². The molecule has 0 fully saturated rings. The predicted molar refractivity (Wildman–Crippen MR) is 79.3 cm³/mol. The van der Waals surface area contributed by atoms with E-state index < -0.39 is 0 Å². The van der Waals surface area contributed by atoms with Crippen LogP contribution in [0, 0.1) is 11.8 Å². The Balaban J connectivity index is 2.41. The fourth-order valence-electron chi connectivity index (χ4n) is 1.79. The first-order chi connectivity index (χ1) is 8.58. The van der Waals surface area contributed by atoms with Gasteiger partial charge in [0, 0.05) is 24.8 Å². The molecule has 2 N–H and O–H groups in total. The molecule has 3 nitrogen and oxygen atoms in total. The van der Waals surface area contributed by atoms with Crippen LogP contribution in [0.25, 0.3) is 0 Å². The van der Waals surface area contributed by atoms with Crippen LogP contribution < -0.4 is 5.73 Å². The van der Waals surface area contributed by atoms with Crippen molar-refractivity contribution in [2.24, 2.45) is 17.6 Å². The number of rotatable bonds is 6. The molecule has 1 aliphatic carbocycles. The van der Waals surface area contributed by atoms with Crippen molar-refractivity contribution in [1.82, 2.24) is 4.90 Å². The Bertz CT molecular complexity index is 333. The molecule has 1 aliphatic rings. The number of thioether (sulfide) groups is 1. The van der Waals surface area contributed by atoms with Crippen molar-refractivity contribution in [3.63, 3.8) is 0 Å². The van der Waals surface area contributed by atoms with Crippen molar-refractivity contribution >= 4 is 17.7 Å². The lowest BCUT2D eigenvalue weighted by atomic mass is 10.00. The summed E-state index contributed by atoms with van der Waals surface area (Å²) in [5.74, 6) is 1.85. The molecule has 0 aromatic carbocycles. The average molecular weight is 268 g/mol. The minimum Gasteiger partial charge on any atom is -0.348 e. The van der Waals surface area contributed by atoms with Gasteiger partial charge in [-0.2, -0.15) is 0 Å². The van der Waals surface area contributed by atoms with E-state index in [-0.39, 0.29) is 11.8 Å².